The van der Waals surface area contributed by atoms with Crippen molar-refractivity contribution in [3.05, 3.63) is 41.8 Å². The molecule has 8 heteroatoms. The van der Waals surface area contributed by atoms with Gasteiger partial charge in [0.2, 0.25) is 10.0 Å². The highest BCUT2D eigenvalue weighted by Crippen LogP contribution is 2.15. The fourth-order valence-corrected chi connectivity index (χ4v) is 2.88. The van der Waals surface area contributed by atoms with Crippen molar-refractivity contribution in [1.29, 1.82) is 0 Å². The molecule has 3 N–H and O–H groups in total. The van der Waals surface area contributed by atoms with Gasteiger partial charge in [-0.3, -0.25) is 4.68 Å². The van der Waals surface area contributed by atoms with Crippen molar-refractivity contribution in [3.8, 4) is 0 Å². The number of nitrogen functional groups attached to an aromatic ring is 1. The van der Waals surface area contributed by atoms with Gasteiger partial charge in [-0.2, -0.15) is 5.10 Å². The summed E-state index contributed by atoms with van der Waals surface area (Å²) in [5.74, 6) is -0.362. The number of nitrogens with zero attached hydrogens (tertiary/aromatic N) is 2. The molecule has 0 aliphatic carbocycles. The van der Waals surface area contributed by atoms with Crippen molar-refractivity contribution in [2.75, 3.05) is 12.3 Å². The molecule has 1 aromatic heterocycles. The lowest BCUT2D eigenvalue weighted by molar-refractivity contribution is 0.581. The summed E-state index contributed by atoms with van der Waals surface area (Å²) in [5, 5.41) is 3.79. The van der Waals surface area contributed by atoms with Gasteiger partial charge in [-0.25, -0.2) is 17.5 Å². The maximum atomic E-state index is 12.7. The zero-order chi connectivity index (χ0) is 14.8. The molecule has 0 radical (unpaired) electrons. The van der Waals surface area contributed by atoms with Gasteiger partial charge >= 0.3 is 0 Å². The molecule has 0 atom stereocenters. The zero-order valence-corrected chi connectivity index (χ0v) is 11.7. The second kappa shape index (κ2) is 5.59. The molecule has 1 aromatic carbocycles. The fourth-order valence-electron chi connectivity index (χ4n) is 1.75. The third-order valence-corrected chi connectivity index (χ3v) is 4.21. The molecule has 1 heterocycles. The Bertz CT molecular complexity index is 695. The Morgan fingerprint density at radius 3 is 2.55 bits per heavy atom. The molecule has 0 spiro atoms. The summed E-state index contributed by atoms with van der Waals surface area (Å²) >= 11 is 0. The Labute approximate surface area is 116 Å². The van der Waals surface area contributed by atoms with Gasteiger partial charge in [-0.1, -0.05) is 12.1 Å². The van der Waals surface area contributed by atoms with E-state index in [-0.39, 0.29) is 23.1 Å². The van der Waals surface area contributed by atoms with Gasteiger partial charge in [0.15, 0.2) is 5.82 Å². The molecule has 0 fully saturated rings. The first-order valence-electron chi connectivity index (χ1n) is 5.92. The normalized spacial score (nSPS) is 11.7. The van der Waals surface area contributed by atoms with Crippen LogP contribution in [0.15, 0.2) is 35.4 Å². The Morgan fingerprint density at radius 2 is 2.00 bits per heavy atom. The quantitative estimate of drug-likeness (QED) is 0.848. The first-order chi connectivity index (χ1) is 9.38. The standard InChI is InChI=1S/C12H15FN4O2S/c1-17-8-11(12(14)16-17)20(18,19)15-7-6-9-2-4-10(13)5-3-9/h2-5,8,15H,6-7H2,1H3,(H2,14,16). The van der Waals surface area contributed by atoms with E-state index in [1.807, 2.05) is 0 Å². The van der Waals surface area contributed by atoms with E-state index < -0.39 is 10.0 Å². The van der Waals surface area contributed by atoms with Crippen LogP contribution >= 0.6 is 0 Å². The van der Waals surface area contributed by atoms with E-state index >= 15 is 0 Å². The molecule has 6 nitrogen and oxygen atoms in total. The summed E-state index contributed by atoms with van der Waals surface area (Å²) in [7, 11) is -2.09. The van der Waals surface area contributed by atoms with Gasteiger partial charge in [0.05, 0.1) is 0 Å². The maximum absolute atomic E-state index is 12.7. The van der Waals surface area contributed by atoms with Gasteiger partial charge in [-0.15, -0.1) is 0 Å². The number of hydrogen-bond acceptors (Lipinski definition) is 4. The minimum Gasteiger partial charge on any atom is -0.381 e. The topological polar surface area (TPSA) is 90.0 Å². The number of aryl methyl sites for hydroxylation is 1. The fraction of sp³-hybridized carbons (Fsp3) is 0.250. The lowest BCUT2D eigenvalue weighted by Crippen LogP contribution is -2.26. The summed E-state index contributed by atoms with van der Waals surface area (Å²) in [6.07, 6.45) is 1.80. The van der Waals surface area contributed by atoms with E-state index in [2.05, 4.69) is 9.82 Å². The number of benzene rings is 1. The largest absolute Gasteiger partial charge is 0.381 e. The van der Waals surface area contributed by atoms with Gasteiger partial charge in [-0.05, 0) is 24.1 Å². The Morgan fingerprint density at radius 1 is 1.35 bits per heavy atom. The average Bonchev–Trinajstić information content (AvgIpc) is 2.72. The van der Waals surface area contributed by atoms with E-state index in [4.69, 9.17) is 5.73 Å². The molecular weight excluding hydrogens is 283 g/mol. The van der Waals surface area contributed by atoms with Crippen LogP contribution in [0.3, 0.4) is 0 Å². The number of nitrogens with one attached hydrogen (secondary N) is 1. The van der Waals surface area contributed by atoms with E-state index in [0.717, 1.165) is 5.56 Å². The Balaban J connectivity index is 1.99. The van der Waals surface area contributed by atoms with Crippen molar-refractivity contribution in [2.45, 2.75) is 11.3 Å². The smallest absolute Gasteiger partial charge is 0.245 e. The third-order valence-electron chi connectivity index (χ3n) is 2.73. The maximum Gasteiger partial charge on any atom is 0.245 e. The molecule has 0 aliphatic heterocycles. The van der Waals surface area contributed by atoms with Gasteiger partial charge in [0, 0.05) is 19.8 Å². The van der Waals surface area contributed by atoms with Crippen LogP contribution in [0.5, 0.6) is 0 Å². The van der Waals surface area contributed by atoms with Crippen LogP contribution < -0.4 is 10.5 Å². The lowest BCUT2D eigenvalue weighted by atomic mass is 10.1. The van der Waals surface area contributed by atoms with Crippen LogP contribution in [-0.4, -0.2) is 24.7 Å². The first-order valence-corrected chi connectivity index (χ1v) is 7.40. The van der Waals surface area contributed by atoms with Gasteiger partial charge in [0.1, 0.15) is 10.7 Å². The summed E-state index contributed by atoms with van der Waals surface area (Å²) in [4.78, 5) is -0.0425. The molecule has 0 amide bonds. The van der Waals surface area contributed by atoms with Crippen molar-refractivity contribution in [2.24, 2.45) is 7.05 Å². The SMILES string of the molecule is Cn1cc(S(=O)(=O)NCCc2ccc(F)cc2)c(N)n1. The van der Waals surface area contributed by atoms with Crippen LogP contribution in [0.25, 0.3) is 0 Å². The number of aromatic nitrogens is 2. The minimum atomic E-state index is -3.68. The molecule has 0 unspecified atom stereocenters. The van der Waals surface area contributed by atoms with Gasteiger partial charge < -0.3 is 5.73 Å². The second-order valence-electron chi connectivity index (χ2n) is 4.33. The van der Waals surface area contributed by atoms with E-state index in [9.17, 15) is 12.8 Å². The average molecular weight is 298 g/mol. The predicted octanol–water partition coefficient (Wildman–Crippen LogP) is 0.662. The lowest BCUT2D eigenvalue weighted by Gasteiger charge is -2.05. The summed E-state index contributed by atoms with van der Waals surface area (Å²) in [6.45, 7) is 0.197. The molecule has 2 rings (SSSR count). The number of hydrogen-bond donors (Lipinski definition) is 2. The number of nitrogens with two attached hydrogens (primary N) is 1. The summed E-state index contributed by atoms with van der Waals surface area (Å²) in [5.41, 5.74) is 6.38. The van der Waals surface area contributed by atoms with Crippen LogP contribution in [0.2, 0.25) is 0 Å². The molecule has 20 heavy (non-hydrogen) atoms. The molecule has 0 saturated carbocycles. The van der Waals surface area contributed by atoms with Crippen molar-refractivity contribution < 1.29 is 12.8 Å². The monoisotopic (exact) mass is 298 g/mol. The molecule has 0 bridgehead atoms. The van der Waals surface area contributed by atoms with E-state index in [1.165, 1.54) is 23.0 Å². The van der Waals surface area contributed by atoms with E-state index in [0.29, 0.717) is 6.42 Å². The molecule has 108 valence electrons. The van der Waals surface area contributed by atoms with Crippen LogP contribution in [0.4, 0.5) is 10.2 Å². The zero-order valence-electron chi connectivity index (χ0n) is 10.9. The highest BCUT2D eigenvalue weighted by Gasteiger charge is 2.19. The summed E-state index contributed by atoms with van der Waals surface area (Å²) in [6, 6.07) is 5.90. The number of anilines is 1. The first kappa shape index (κ1) is 14.5. The van der Waals surface area contributed by atoms with Crippen LogP contribution in [0.1, 0.15) is 5.56 Å². The van der Waals surface area contributed by atoms with E-state index in [1.54, 1.807) is 19.2 Å². The second-order valence-corrected chi connectivity index (χ2v) is 6.06. The van der Waals surface area contributed by atoms with Crippen molar-refractivity contribution >= 4 is 15.8 Å². The summed E-state index contributed by atoms with van der Waals surface area (Å²) < 4.78 is 40.5. The minimum absolute atomic E-state index is 0.0400. The van der Waals surface area contributed by atoms with Crippen LogP contribution in [-0.2, 0) is 23.5 Å². The van der Waals surface area contributed by atoms with Crippen molar-refractivity contribution in [3.63, 3.8) is 0 Å². The van der Waals surface area contributed by atoms with Gasteiger partial charge in [0.25, 0.3) is 0 Å². The van der Waals surface area contributed by atoms with Crippen molar-refractivity contribution in [1.82, 2.24) is 14.5 Å². The molecule has 2 aromatic rings. The van der Waals surface area contributed by atoms with Crippen LogP contribution in [0, 0.1) is 5.82 Å². The Hall–Kier alpha value is -1.93. The number of rotatable bonds is 5. The predicted molar refractivity (Wildman–Crippen MR) is 72.9 cm³/mol. The Kier molecular flexibility index (Phi) is 4.05. The third kappa shape index (κ3) is 3.34. The number of sulfonamides is 1. The highest BCUT2D eigenvalue weighted by atomic mass is 32.2. The molecule has 0 saturated heterocycles. The number of halogens is 1. The highest BCUT2D eigenvalue weighted by molar-refractivity contribution is 7.89. The molecular formula is C12H15FN4O2S. The molecule has 0 aliphatic rings.